The Balaban J connectivity index is 1.46. The lowest BCUT2D eigenvalue weighted by Gasteiger charge is -2.26. The highest BCUT2D eigenvalue weighted by Crippen LogP contribution is 2.30. The number of hydrogen-bond acceptors (Lipinski definition) is 7. The smallest absolute Gasteiger partial charge is 0.345 e. The Morgan fingerprint density at radius 3 is 2.37 bits per heavy atom. The Labute approximate surface area is 249 Å². The monoisotopic (exact) mass is 608 g/mol. The summed E-state index contributed by atoms with van der Waals surface area (Å²) in [6.07, 6.45) is 0.0809. The fourth-order valence-electron chi connectivity index (χ4n) is 4.87. The Morgan fingerprint density at radius 2 is 1.79 bits per heavy atom. The van der Waals surface area contributed by atoms with Gasteiger partial charge in [0, 0.05) is 17.7 Å². The number of anilines is 1. The number of amides is 1. The Kier molecular flexibility index (Phi) is 10.3. The zero-order valence-corrected chi connectivity index (χ0v) is 24.1. The average molecular weight is 609 g/mol. The molecule has 0 spiro atoms. The molecule has 3 aromatic carbocycles. The van der Waals surface area contributed by atoms with E-state index < -0.39 is 34.4 Å². The van der Waals surface area contributed by atoms with Crippen LogP contribution in [0.25, 0.3) is 4.85 Å². The number of sulfone groups is 1. The number of carbonyl (C=O) groups excluding carboxylic acids is 1. The molecule has 3 atom stereocenters. The molecule has 1 N–H and O–H groups in total. The van der Waals surface area contributed by atoms with Crippen molar-refractivity contribution in [1.29, 1.82) is 5.26 Å². The lowest BCUT2D eigenvalue weighted by molar-refractivity contribution is -0.131. The predicted octanol–water partition coefficient (Wildman–Crippen LogP) is 5.68. The first-order valence-electron chi connectivity index (χ1n) is 13.5. The molecule has 0 radical (unpaired) electrons. The number of rotatable bonds is 12. The lowest BCUT2D eigenvalue weighted by Crippen LogP contribution is -2.34. The molecule has 0 unspecified atom stereocenters. The van der Waals surface area contributed by atoms with Crippen LogP contribution in [0.1, 0.15) is 41.7 Å². The fraction of sp³-hybridized carbons (Fsp3) is 0.323. The molecule has 1 aliphatic rings. The molecule has 224 valence electrons. The van der Waals surface area contributed by atoms with Crippen molar-refractivity contribution in [2.75, 3.05) is 23.8 Å². The normalized spacial score (nSPS) is 17.2. The van der Waals surface area contributed by atoms with E-state index in [4.69, 9.17) is 11.3 Å². The maximum atomic E-state index is 13.1. The molecule has 3 aromatic rings. The number of hydrogen-bond donors (Lipinski definition) is 1. The third-order valence-corrected chi connectivity index (χ3v) is 8.89. The standard InChI is InChI=1S/C31H30F2N4O5S/c1-3-43(39,40)28-14-6-21(7-15-28)29(16-17-34)36-30(38)22-4-10-24(11-5-22)37-19-27(18-25(37)20-41-31(32)33)42-26-12-8-23(35-2)9-13-26/h4-15,25,27,29,31H,3,16,18-20H2,1H3,(H,36,38)/t25-,27-,29-/m0/s1. The van der Waals surface area contributed by atoms with Crippen molar-refractivity contribution in [1.82, 2.24) is 5.32 Å². The minimum absolute atomic E-state index is 0.0225. The van der Waals surface area contributed by atoms with Gasteiger partial charge in [0.25, 0.3) is 5.91 Å². The van der Waals surface area contributed by atoms with Crippen LogP contribution in [0.15, 0.2) is 77.7 Å². The summed E-state index contributed by atoms with van der Waals surface area (Å²) in [6, 6.07) is 20.4. The summed E-state index contributed by atoms with van der Waals surface area (Å²) in [5.74, 6) is 0.0950. The number of halogens is 2. The van der Waals surface area contributed by atoms with Crippen LogP contribution in [0, 0.1) is 17.9 Å². The Hall–Kier alpha value is -4.52. The molecule has 1 saturated heterocycles. The molecule has 1 fully saturated rings. The van der Waals surface area contributed by atoms with Gasteiger partial charge in [0.05, 0.1) is 54.9 Å². The van der Waals surface area contributed by atoms with Crippen LogP contribution in [-0.2, 0) is 14.6 Å². The second-order valence-electron chi connectivity index (χ2n) is 9.89. The molecule has 0 saturated carbocycles. The summed E-state index contributed by atoms with van der Waals surface area (Å²) in [6.45, 7) is 5.89. The van der Waals surface area contributed by atoms with Crippen molar-refractivity contribution in [2.45, 2.75) is 49.5 Å². The Bertz CT molecular complexity index is 1590. The first-order chi connectivity index (χ1) is 20.6. The number of ether oxygens (including phenoxy) is 2. The van der Waals surface area contributed by atoms with Gasteiger partial charge in [-0.25, -0.2) is 13.3 Å². The molecule has 12 heteroatoms. The van der Waals surface area contributed by atoms with Gasteiger partial charge in [0.15, 0.2) is 15.5 Å². The van der Waals surface area contributed by atoms with Gasteiger partial charge >= 0.3 is 6.61 Å². The SMILES string of the molecule is [C-]#[N+]c1ccc(O[C@H]2C[C@@H](COC(F)F)N(c3ccc(C(=O)N[C@@H](CC#N)c4ccc(S(=O)(=O)CC)cc4)cc3)C2)cc1. The summed E-state index contributed by atoms with van der Waals surface area (Å²) in [5.41, 5.74) is 2.08. The van der Waals surface area contributed by atoms with E-state index in [-0.39, 0.29) is 29.8 Å². The molecular weight excluding hydrogens is 578 g/mol. The van der Waals surface area contributed by atoms with E-state index in [0.717, 1.165) is 0 Å². The van der Waals surface area contributed by atoms with E-state index >= 15 is 0 Å². The summed E-state index contributed by atoms with van der Waals surface area (Å²) in [4.78, 5) is 18.5. The molecule has 0 aliphatic carbocycles. The number of nitrogens with zero attached hydrogens (tertiary/aromatic N) is 3. The number of nitrogens with one attached hydrogen (secondary N) is 1. The summed E-state index contributed by atoms with van der Waals surface area (Å²) < 4.78 is 60.6. The first kappa shape index (κ1) is 31.4. The highest BCUT2D eigenvalue weighted by Gasteiger charge is 2.34. The molecule has 9 nitrogen and oxygen atoms in total. The second-order valence-corrected chi connectivity index (χ2v) is 12.2. The van der Waals surface area contributed by atoms with Crippen molar-refractivity contribution >= 4 is 27.1 Å². The van der Waals surface area contributed by atoms with Gasteiger partial charge in [-0.3, -0.25) is 4.79 Å². The van der Waals surface area contributed by atoms with Crippen LogP contribution in [-0.4, -0.2) is 52.0 Å². The van der Waals surface area contributed by atoms with Gasteiger partial charge in [-0.2, -0.15) is 14.0 Å². The van der Waals surface area contributed by atoms with E-state index in [1.54, 1.807) is 67.6 Å². The number of benzene rings is 3. The molecule has 1 amide bonds. The van der Waals surface area contributed by atoms with Crippen LogP contribution in [0.3, 0.4) is 0 Å². The predicted molar refractivity (Wildman–Crippen MR) is 156 cm³/mol. The summed E-state index contributed by atoms with van der Waals surface area (Å²) in [7, 11) is -3.38. The number of alkyl halides is 2. The number of carbonyl (C=O) groups is 1. The van der Waals surface area contributed by atoms with Crippen LogP contribution in [0.5, 0.6) is 5.75 Å². The van der Waals surface area contributed by atoms with E-state index in [9.17, 15) is 27.3 Å². The van der Waals surface area contributed by atoms with Crippen molar-refractivity contribution in [3.63, 3.8) is 0 Å². The molecule has 0 bridgehead atoms. The Morgan fingerprint density at radius 1 is 1.12 bits per heavy atom. The maximum Gasteiger partial charge on any atom is 0.345 e. The van der Waals surface area contributed by atoms with Gasteiger partial charge in [-0.05, 0) is 54.1 Å². The maximum absolute atomic E-state index is 13.1. The average Bonchev–Trinajstić information content (AvgIpc) is 3.42. The first-order valence-corrected chi connectivity index (χ1v) is 15.2. The van der Waals surface area contributed by atoms with Crippen LogP contribution >= 0.6 is 0 Å². The molecule has 0 aromatic heterocycles. The minimum atomic E-state index is -3.38. The lowest BCUT2D eigenvalue weighted by atomic mass is 10.0. The van der Waals surface area contributed by atoms with Crippen molar-refractivity contribution in [3.05, 3.63) is 95.3 Å². The largest absolute Gasteiger partial charge is 0.489 e. The van der Waals surface area contributed by atoms with Crippen LogP contribution in [0.2, 0.25) is 0 Å². The quantitative estimate of drug-likeness (QED) is 0.263. The topological polar surface area (TPSA) is 113 Å². The van der Waals surface area contributed by atoms with E-state index in [1.165, 1.54) is 12.1 Å². The number of nitriles is 1. The molecule has 1 heterocycles. The molecule has 43 heavy (non-hydrogen) atoms. The zero-order chi connectivity index (χ0) is 31.0. The minimum Gasteiger partial charge on any atom is -0.489 e. The second kappa shape index (κ2) is 14.1. The highest BCUT2D eigenvalue weighted by molar-refractivity contribution is 7.91. The molecular formula is C31H30F2N4O5S. The summed E-state index contributed by atoms with van der Waals surface area (Å²) >= 11 is 0. The van der Waals surface area contributed by atoms with Crippen LogP contribution in [0.4, 0.5) is 20.2 Å². The van der Waals surface area contributed by atoms with Gasteiger partial charge < -0.3 is 19.7 Å². The van der Waals surface area contributed by atoms with E-state index in [0.29, 0.717) is 41.2 Å². The third-order valence-electron chi connectivity index (χ3n) is 7.14. The van der Waals surface area contributed by atoms with Gasteiger partial charge in [-0.1, -0.05) is 31.2 Å². The molecule has 4 rings (SSSR count). The van der Waals surface area contributed by atoms with E-state index in [2.05, 4.69) is 14.9 Å². The van der Waals surface area contributed by atoms with Crippen molar-refractivity contribution in [2.24, 2.45) is 0 Å². The van der Waals surface area contributed by atoms with Crippen molar-refractivity contribution < 1.29 is 31.5 Å². The van der Waals surface area contributed by atoms with Crippen LogP contribution < -0.4 is 15.0 Å². The zero-order valence-electron chi connectivity index (χ0n) is 23.3. The fourth-order valence-corrected chi connectivity index (χ4v) is 5.76. The molecule has 1 aliphatic heterocycles. The highest BCUT2D eigenvalue weighted by atomic mass is 32.2. The van der Waals surface area contributed by atoms with Crippen molar-refractivity contribution in [3.8, 4) is 11.8 Å². The van der Waals surface area contributed by atoms with Gasteiger partial charge in [0.1, 0.15) is 11.9 Å². The van der Waals surface area contributed by atoms with Gasteiger partial charge in [-0.15, -0.1) is 0 Å². The summed E-state index contributed by atoms with van der Waals surface area (Å²) in [5, 5.41) is 12.1. The third kappa shape index (κ3) is 8.07. The van der Waals surface area contributed by atoms with Gasteiger partial charge in [0.2, 0.25) is 0 Å². The van der Waals surface area contributed by atoms with E-state index in [1.807, 2.05) is 11.0 Å².